The van der Waals surface area contributed by atoms with Gasteiger partial charge >= 0.3 is 0 Å². The molecule has 3 heterocycles. The molecule has 0 radical (unpaired) electrons. The van der Waals surface area contributed by atoms with Crippen LogP contribution in [0.25, 0.3) is 5.95 Å². The number of nitrogens with two attached hydrogens (primary N) is 1. The summed E-state index contributed by atoms with van der Waals surface area (Å²) in [5.41, 5.74) is 5.89. The van der Waals surface area contributed by atoms with E-state index in [1.165, 1.54) is 0 Å². The Labute approximate surface area is 123 Å². The summed E-state index contributed by atoms with van der Waals surface area (Å²) in [7, 11) is 2.13. The molecule has 0 unspecified atom stereocenters. The molecule has 2 N–H and O–H groups in total. The fraction of sp³-hybridized carbons (Fsp3) is 0.538. The molecule has 21 heavy (non-hydrogen) atoms. The van der Waals surface area contributed by atoms with Crippen molar-refractivity contribution in [2.75, 3.05) is 37.3 Å². The molecule has 1 saturated heterocycles. The Morgan fingerprint density at radius 1 is 1.14 bits per heavy atom. The summed E-state index contributed by atoms with van der Waals surface area (Å²) >= 11 is 0. The molecule has 1 fully saturated rings. The standard InChI is InChI=1S/C13H20N8/c1-13(2)9-20(8-7-19(13)3)11-16-10(14)17-12(18-11)21-6-4-5-15-21/h4-6H,7-9H2,1-3H3,(H2,14,16,17,18). The molecule has 8 heteroatoms. The highest BCUT2D eigenvalue weighted by Gasteiger charge is 2.32. The van der Waals surface area contributed by atoms with Gasteiger partial charge in [-0.25, -0.2) is 4.68 Å². The van der Waals surface area contributed by atoms with Gasteiger partial charge in [0.1, 0.15) is 0 Å². The Balaban J connectivity index is 1.92. The lowest BCUT2D eigenvalue weighted by Gasteiger charge is -2.45. The zero-order valence-electron chi connectivity index (χ0n) is 12.6. The number of hydrogen-bond acceptors (Lipinski definition) is 7. The van der Waals surface area contributed by atoms with Crippen molar-refractivity contribution in [2.45, 2.75) is 19.4 Å². The molecule has 0 amide bonds. The van der Waals surface area contributed by atoms with Gasteiger partial charge in [-0.1, -0.05) is 0 Å². The average molecular weight is 288 g/mol. The van der Waals surface area contributed by atoms with Gasteiger partial charge in [0.05, 0.1) is 0 Å². The number of anilines is 2. The van der Waals surface area contributed by atoms with Crippen molar-refractivity contribution >= 4 is 11.9 Å². The van der Waals surface area contributed by atoms with Crippen LogP contribution in [0.1, 0.15) is 13.8 Å². The van der Waals surface area contributed by atoms with Crippen LogP contribution in [0.4, 0.5) is 11.9 Å². The van der Waals surface area contributed by atoms with Crippen molar-refractivity contribution in [3.05, 3.63) is 18.5 Å². The van der Waals surface area contributed by atoms with E-state index < -0.39 is 0 Å². The molecule has 3 rings (SSSR count). The van der Waals surface area contributed by atoms with Gasteiger partial charge in [0.2, 0.25) is 11.9 Å². The van der Waals surface area contributed by atoms with E-state index in [4.69, 9.17) is 5.73 Å². The van der Waals surface area contributed by atoms with Crippen LogP contribution in [-0.2, 0) is 0 Å². The molecule has 112 valence electrons. The van der Waals surface area contributed by atoms with Crippen molar-refractivity contribution in [1.82, 2.24) is 29.6 Å². The quantitative estimate of drug-likeness (QED) is 0.842. The highest BCUT2D eigenvalue weighted by atomic mass is 15.4. The van der Waals surface area contributed by atoms with Gasteiger partial charge < -0.3 is 10.6 Å². The minimum atomic E-state index is 0.0610. The molecule has 0 aromatic carbocycles. The van der Waals surface area contributed by atoms with Gasteiger partial charge in [-0.2, -0.15) is 20.1 Å². The summed E-state index contributed by atoms with van der Waals surface area (Å²) in [4.78, 5) is 17.4. The fourth-order valence-electron chi connectivity index (χ4n) is 2.41. The van der Waals surface area contributed by atoms with E-state index in [1.54, 1.807) is 17.1 Å². The number of nitrogen functional groups attached to an aromatic ring is 1. The smallest absolute Gasteiger partial charge is 0.257 e. The highest BCUT2D eigenvalue weighted by Crippen LogP contribution is 2.22. The maximum Gasteiger partial charge on any atom is 0.257 e. The lowest BCUT2D eigenvalue weighted by molar-refractivity contribution is 0.138. The number of rotatable bonds is 2. The Morgan fingerprint density at radius 3 is 2.57 bits per heavy atom. The lowest BCUT2D eigenvalue weighted by Crippen LogP contribution is -2.58. The number of piperazine rings is 1. The van der Waals surface area contributed by atoms with Crippen LogP contribution in [0.2, 0.25) is 0 Å². The zero-order chi connectivity index (χ0) is 15.0. The van der Waals surface area contributed by atoms with Gasteiger partial charge in [-0.15, -0.1) is 0 Å². The number of nitrogens with zero attached hydrogens (tertiary/aromatic N) is 7. The summed E-state index contributed by atoms with van der Waals surface area (Å²) in [6.45, 7) is 7.07. The fourth-order valence-corrected chi connectivity index (χ4v) is 2.41. The van der Waals surface area contributed by atoms with E-state index >= 15 is 0 Å². The summed E-state index contributed by atoms with van der Waals surface area (Å²) in [5.74, 6) is 1.26. The van der Waals surface area contributed by atoms with E-state index in [2.05, 4.69) is 50.7 Å². The van der Waals surface area contributed by atoms with E-state index in [9.17, 15) is 0 Å². The maximum atomic E-state index is 5.83. The normalized spacial score (nSPS) is 18.9. The van der Waals surface area contributed by atoms with Crippen LogP contribution in [0.5, 0.6) is 0 Å². The van der Waals surface area contributed by atoms with Gasteiger partial charge in [0.25, 0.3) is 5.95 Å². The molecule has 0 bridgehead atoms. The number of aromatic nitrogens is 5. The second-order valence-corrected chi connectivity index (χ2v) is 5.90. The first kappa shape index (κ1) is 13.7. The third-order valence-corrected chi connectivity index (χ3v) is 3.94. The zero-order valence-corrected chi connectivity index (χ0v) is 12.6. The van der Waals surface area contributed by atoms with Crippen LogP contribution >= 0.6 is 0 Å². The predicted molar refractivity (Wildman–Crippen MR) is 80.3 cm³/mol. The molecule has 2 aromatic rings. The topological polar surface area (TPSA) is 89.0 Å². The van der Waals surface area contributed by atoms with Crippen molar-refractivity contribution < 1.29 is 0 Å². The van der Waals surface area contributed by atoms with Crippen LogP contribution < -0.4 is 10.6 Å². The minimum absolute atomic E-state index is 0.0610. The summed E-state index contributed by atoms with van der Waals surface area (Å²) in [6.07, 6.45) is 3.46. The predicted octanol–water partition coefficient (Wildman–Crippen LogP) is 0.170. The van der Waals surface area contributed by atoms with Gasteiger partial charge in [-0.3, -0.25) is 4.90 Å². The van der Waals surface area contributed by atoms with Gasteiger partial charge in [0, 0.05) is 37.6 Å². The van der Waals surface area contributed by atoms with Crippen molar-refractivity contribution in [1.29, 1.82) is 0 Å². The van der Waals surface area contributed by atoms with E-state index in [-0.39, 0.29) is 11.5 Å². The SMILES string of the molecule is CN1CCN(c2nc(N)nc(-n3cccn3)n2)CC1(C)C. The third kappa shape index (κ3) is 2.66. The van der Waals surface area contributed by atoms with Crippen LogP contribution in [0, 0.1) is 0 Å². The molecule has 1 aliphatic heterocycles. The largest absolute Gasteiger partial charge is 0.368 e. The number of likely N-dealkylation sites (N-methyl/N-ethyl adjacent to an activating group) is 1. The molecular formula is C13H20N8. The first-order chi connectivity index (χ1) is 9.95. The van der Waals surface area contributed by atoms with Crippen LogP contribution in [-0.4, -0.2) is 61.9 Å². The Hall–Kier alpha value is -2.22. The molecule has 0 aliphatic carbocycles. The van der Waals surface area contributed by atoms with Gasteiger partial charge in [-0.05, 0) is 27.0 Å². The Morgan fingerprint density at radius 2 is 1.90 bits per heavy atom. The molecule has 0 atom stereocenters. The molecule has 8 nitrogen and oxygen atoms in total. The highest BCUT2D eigenvalue weighted by molar-refractivity contribution is 5.39. The van der Waals surface area contributed by atoms with E-state index in [0.717, 1.165) is 19.6 Å². The summed E-state index contributed by atoms with van der Waals surface area (Å²) in [5, 5.41) is 4.14. The first-order valence-corrected chi connectivity index (χ1v) is 6.93. The monoisotopic (exact) mass is 288 g/mol. The second-order valence-electron chi connectivity index (χ2n) is 5.90. The van der Waals surface area contributed by atoms with E-state index in [1.807, 2.05) is 6.07 Å². The molecular weight excluding hydrogens is 268 g/mol. The Bertz CT molecular complexity index is 621. The summed E-state index contributed by atoms with van der Waals surface area (Å²) < 4.78 is 1.59. The van der Waals surface area contributed by atoms with Gasteiger partial charge in [0.15, 0.2) is 0 Å². The average Bonchev–Trinajstić information content (AvgIpc) is 2.95. The van der Waals surface area contributed by atoms with Crippen molar-refractivity contribution in [3.63, 3.8) is 0 Å². The molecule has 2 aromatic heterocycles. The Kier molecular flexibility index (Phi) is 3.25. The van der Waals surface area contributed by atoms with Crippen molar-refractivity contribution in [3.8, 4) is 5.95 Å². The molecule has 1 aliphatic rings. The first-order valence-electron chi connectivity index (χ1n) is 6.93. The summed E-state index contributed by atoms with van der Waals surface area (Å²) in [6, 6.07) is 1.82. The van der Waals surface area contributed by atoms with Crippen LogP contribution in [0.15, 0.2) is 18.5 Å². The third-order valence-electron chi connectivity index (χ3n) is 3.94. The molecule has 0 saturated carbocycles. The second kappa shape index (κ2) is 4.96. The maximum absolute atomic E-state index is 5.83. The lowest BCUT2D eigenvalue weighted by atomic mass is 10.0. The van der Waals surface area contributed by atoms with Crippen LogP contribution in [0.3, 0.4) is 0 Å². The van der Waals surface area contributed by atoms with E-state index in [0.29, 0.717) is 11.9 Å². The minimum Gasteiger partial charge on any atom is -0.368 e. The number of hydrogen-bond donors (Lipinski definition) is 1. The van der Waals surface area contributed by atoms with Crippen molar-refractivity contribution in [2.24, 2.45) is 0 Å². The molecule has 0 spiro atoms.